The molecule has 21 rings (SSSR count). The molecule has 0 amide bonds. The van der Waals surface area contributed by atoms with Gasteiger partial charge in [0.25, 0.3) is 0 Å². The summed E-state index contributed by atoms with van der Waals surface area (Å²) >= 11 is 0. The molecule has 490 valence electrons. The molecule has 102 heavy (non-hydrogen) atoms. The summed E-state index contributed by atoms with van der Waals surface area (Å²) in [6.45, 7) is 2.85. The number of aliphatic hydroxyl groups is 1. The van der Waals surface area contributed by atoms with E-state index in [1.54, 1.807) is 0 Å². The zero-order valence-electron chi connectivity index (χ0n) is 55.0. The number of nitrogens with zero attached hydrogens (tertiary/aromatic N) is 3. The van der Waals surface area contributed by atoms with Crippen LogP contribution < -0.4 is 0 Å². The van der Waals surface area contributed by atoms with Gasteiger partial charge in [-0.3, -0.25) is 9.78 Å². The molecule has 8 nitrogen and oxygen atoms in total. The van der Waals surface area contributed by atoms with Crippen LogP contribution in [0.15, 0.2) is 323 Å². The standard InChI is InChI=1S/C29H17NO.2C29H16NO.C5H8O2.2Ir/c3*1-3-9-21-19(7-1)20-8-2-4-10-22(20)24-17-29-26(16-23(21)24)25-15-18(12-13-28(25)31-29)27-11-5-6-14-30-27;1-4(6)3-5(2)7;;/h1-17H;2*1-11,13-17H;3,6H,1-2H3;;/q;2*-1;;;. The predicted octanol–water partition coefficient (Wildman–Crippen LogP) is 25.0. The third-order valence-electron chi connectivity index (χ3n) is 19.1. The minimum Gasteiger partial charge on any atom is -0.512 e. The van der Waals surface area contributed by atoms with Crippen molar-refractivity contribution >= 4 is 169 Å². The molecule has 10 heteroatoms. The molecule has 0 aliphatic carbocycles. The molecule has 0 aliphatic rings. The molecular formula is C92H57Ir2N3O5-2. The van der Waals surface area contributed by atoms with Crippen molar-refractivity contribution in [2.75, 3.05) is 0 Å². The number of allylic oxidation sites excluding steroid dienone is 2. The fourth-order valence-electron chi connectivity index (χ4n) is 14.7. The fourth-order valence-corrected chi connectivity index (χ4v) is 14.7. The van der Waals surface area contributed by atoms with Crippen molar-refractivity contribution in [3.63, 3.8) is 0 Å². The molecule has 1 N–H and O–H groups in total. The molecule has 0 saturated carbocycles. The summed E-state index contributed by atoms with van der Waals surface area (Å²) in [6, 6.07) is 104. The first-order valence-corrected chi connectivity index (χ1v) is 33.3. The molecule has 0 fully saturated rings. The Labute approximate surface area is 611 Å². The molecule has 2 radical (unpaired) electrons. The number of ketones is 1. The number of pyridine rings is 3. The van der Waals surface area contributed by atoms with Gasteiger partial charge in [0.15, 0.2) is 5.78 Å². The molecule has 0 saturated heterocycles. The van der Waals surface area contributed by atoms with E-state index in [-0.39, 0.29) is 51.8 Å². The van der Waals surface area contributed by atoms with Crippen molar-refractivity contribution < 1.29 is 63.4 Å². The molecule has 6 aromatic heterocycles. The summed E-state index contributed by atoms with van der Waals surface area (Å²) in [5, 5.41) is 37.7. The first-order chi connectivity index (χ1) is 49.2. The van der Waals surface area contributed by atoms with E-state index >= 15 is 0 Å². The van der Waals surface area contributed by atoms with Crippen molar-refractivity contribution in [1.29, 1.82) is 0 Å². The summed E-state index contributed by atoms with van der Waals surface area (Å²) in [5.41, 5.74) is 11.1. The molecule has 15 aromatic carbocycles. The van der Waals surface area contributed by atoms with E-state index in [0.29, 0.717) is 0 Å². The number of benzene rings is 15. The van der Waals surface area contributed by atoms with Gasteiger partial charge >= 0.3 is 0 Å². The first-order valence-electron chi connectivity index (χ1n) is 33.3. The first kappa shape index (κ1) is 64.7. The van der Waals surface area contributed by atoms with Crippen LogP contribution in [-0.4, -0.2) is 25.8 Å². The molecule has 21 aromatic rings. The Balaban J connectivity index is 0.000000112. The van der Waals surface area contributed by atoms with Crippen LogP contribution in [0.5, 0.6) is 0 Å². The van der Waals surface area contributed by atoms with Crippen LogP contribution in [0.3, 0.4) is 0 Å². The number of hydrogen-bond acceptors (Lipinski definition) is 8. The third kappa shape index (κ3) is 11.5. The van der Waals surface area contributed by atoms with Gasteiger partial charge in [0.05, 0.1) is 22.6 Å². The van der Waals surface area contributed by atoms with E-state index in [9.17, 15) is 4.79 Å². The van der Waals surface area contributed by atoms with Gasteiger partial charge in [-0.25, -0.2) is 0 Å². The number of rotatable bonds is 4. The summed E-state index contributed by atoms with van der Waals surface area (Å²) in [5.74, 6) is -0.0625. The topological polar surface area (TPSA) is 115 Å². The van der Waals surface area contributed by atoms with E-state index in [1.807, 2.05) is 85.3 Å². The van der Waals surface area contributed by atoms with Crippen molar-refractivity contribution in [1.82, 2.24) is 15.0 Å². The summed E-state index contributed by atoms with van der Waals surface area (Å²) in [4.78, 5) is 23.5. The van der Waals surface area contributed by atoms with Gasteiger partial charge in [0, 0.05) is 92.0 Å². The van der Waals surface area contributed by atoms with Gasteiger partial charge < -0.3 is 28.3 Å². The number of aromatic nitrogens is 3. The van der Waals surface area contributed by atoms with Crippen LogP contribution in [0.25, 0.3) is 197 Å². The number of fused-ring (bicyclic) bond motifs is 27. The zero-order chi connectivity index (χ0) is 67.0. The van der Waals surface area contributed by atoms with Gasteiger partial charge in [-0.15, -0.1) is 47.5 Å². The predicted molar refractivity (Wildman–Crippen MR) is 413 cm³/mol. The van der Waals surface area contributed by atoms with Crippen LogP contribution in [0.4, 0.5) is 0 Å². The second kappa shape index (κ2) is 26.9. The maximum atomic E-state index is 10.0. The minimum absolute atomic E-state index is 0. The Morgan fingerprint density at radius 1 is 0.294 bits per heavy atom. The van der Waals surface area contributed by atoms with Crippen LogP contribution in [0.2, 0.25) is 0 Å². The zero-order valence-corrected chi connectivity index (χ0v) is 59.7. The van der Waals surface area contributed by atoms with Crippen LogP contribution in [-0.2, 0) is 45.0 Å². The van der Waals surface area contributed by atoms with E-state index in [0.717, 1.165) is 99.6 Å². The van der Waals surface area contributed by atoms with Crippen LogP contribution >= 0.6 is 0 Å². The van der Waals surface area contributed by atoms with Gasteiger partial charge in [0.1, 0.15) is 22.3 Å². The number of carbonyl (C=O) groups is 1. The summed E-state index contributed by atoms with van der Waals surface area (Å²) < 4.78 is 18.8. The molecular weight excluding hydrogens is 1610 g/mol. The van der Waals surface area contributed by atoms with Crippen molar-refractivity contribution in [2.24, 2.45) is 0 Å². The van der Waals surface area contributed by atoms with E-state index in [1.165, 1.54) is 117 Å². The molecule has 0 spiro atoms. The third-order valence-corrected chi connectivity index (χ3v) is 19.1. The average molecular weight is 1670 g/mol. The average Bonchev–Trinajstić information content (AvgIpc) is 1.45. The quantitative estimate of drug-likeness (QED) is 0.0802. The van der Waals surface area contributed by atoms with E-state index < -0.39 is 0 Å². The number of aliphatic hydroxyl groups excluding tert-OH is 1. The van der Waals surface area contributed by atoms with Crippen LogP contribution in [0, 0.1) is 12.1 Å². The van der Waals surface area contributed by atoms with Crippen LogP contribution in [0.1, 0.15) is 13.8 Å². The Morgan fingerprint density at radius 3 is 0.863 bits per heavy atom. The summed E-state index contributed by atoms with van der Waals surface area (Å²) in [7, 11) is 0. The Kier molecular flexibility index (Phi) is 17.1. The maximum Gasteiger partial charge on any atom is 0.155 e. The second-order valence-corrected chi connectivity index (χ2v) is 25.3. The largest absolute Gasteiger partial charge is 0.512 e. The molecule has 0 atom stereocenters. The smallest absolute Gasteiger partial charge is 0.155 e. The van der Waals surface area contributed by atoms with E-state index in [2.05, 4.69) is 239 Å². The van der Waals surface area contributed by atoms with Crippen molar-refractivity contribution in [2.45, 2.75) is 13.8 Å². The number of furan rings is 3. The van der Waals surface area contributed by atoms with Gasteiger partial charge in [-0.1, -0.05) is 187 Å². The van der Waals surface area contributed by atoms with Gasteiger partial charge in [0.2, 0.25) is 0 Å². The normalized spacial score (nSPS) is 11.6. The van der Waals surface area contributed by atoms with Gasteiger partial charge in [-0.2, -0.15) is 0 Å². The summed E-state index contributed by atoms with van der Waals surface area (Å²) in [6.07, 6.45) is 6.62. The maximum absolute atomic E-state index is 10.0. The second-order valence-electron chi connectivity index (χ2n) is 25.3. The Bertz CT molecular complexity index is 6260. The monoisotopic (exact) mass is 1670 g/mol. The minimum atomic E-state index is -0.125. The SMILES string of the molecule is CC(=O)C=C(C)O.[Ir].[Ir].[c-]1cc2oc3cc4c5ccccc5c5ccccc5c4cc3c2cc1-c1ccccn1.[c-]1cc2oc3cc4c5ccccc5c5ccccc5c4cc3c2cc1-c1ccccn1.c1ccc(-c2ccc3oc4cc5c6ccccc6c6ccccc6c5cc4c3c2)nc1. The Hall–Kier alpha value is -12.0. The number of carbonyl (C=O) groups excluding carboxylic acids is 1. The number of hydrogen-bond donors (Lipinski definition) is 1. The molecule has 0 bridgehead atoms. The van der Waals surface area contributed by atoms with Crippen molar-refractivity contribution in [3.8, 4) is 33.8 Å². The molecule has 0 aliphatic heterocycles. The molecule has 6 heterocycles. The van der Waals surface area contributed by atoms with Gasteiger partial charge in [-0.05, 0) is 201 Å². The Morgan fingerprint density at radius 2 is 0.569 bits per heavy atom. The van der Waals surface area contributed by atoms with E-state index in [4.69, 9.17) is 18.4 Å². The van der Waals surface area contributed by atoms with Crippen molar-refractivity contribution in [3.05, 3.63) is 322 Å². The fraction of sp³-hybridized carbons (Fsp3) is 0.0217. The molecule has 0 unspecified atom stereocenters.